The van der Waals surface area contributed by atoms with E-state index in [9.17, 15) is 14.4 Å². The van der Waals surface area contributed by atoms with Gasteiger partial charge in [-0.3, -0.25) is 14.4 Å². The molecule has 8 nitrogen and oxygen atoms in total. The van der Waals surface area contributed by atoms with Crippen molar-refractivity contribution in [3.05, 3.63) is 60.8 Å². The molecule has 5 rings (SSSR count). The fraction of sp³-hybridized carbons (Fsp3) is 0.250. The Kier molecular flexibility index (Phi) is 5.87. The Morgan fingerprint density at radius 1 is 1.06 bits per heavy atom. The van der Waals surface area contributed by atoms with Gasteiger partial charge in [0, 0.05) is 41.2 Å². The molecule has 1 saturated heterocycles. The Labute approximate surface area is 194 Å². The van der Waals surface area contributed by atoms with E-state index in [1.165, 1.54) is 11.8 Å². The van der Waals surface area contributed by atoms with Crippen molar-refractivity contribution in [2.75, 3.05) is 23.7 Å². The molecule has 9 heteroatoms. The molecule has 3 heterocycles. The SMILES string of the molecule is O=C(Nc1ccc(-c2ccno2)cc1)C1CCN(C(=O)C2Sc3ccccc3NC2=O)CC1. The molecule has 33 heavy (non-hydrogen) atoms. The van der Waals surface area contributed by atoms with Crippen LogP contribution in [0.15, 0.2) is 70.2 Å². The maximum atomic E-state index is 13.0. The van der Waals surface area contributed by atoms with Crippen LogP contribution in [0, 0.1) is 5.92 Å². The number of benzene rings is 2. The number of rotatable bonds is 4. The zero-order valence-electron chi connectivity index (χ0n) is 17.7. The lowest BCUT2D eigenvalue weighted by atomic mass is 9.95. The average Bonchev–Trinajstić information content (AvgIpc) is 3.39. The quantitative estimate of drug-likeness (QED) is 0.574. The second kappa shape index (κ2) is 9.11. The van der Waals surface area contributed by atoms with Crippen LogP contribution in [0.25, 0.3) is 11.3 Å². The average molecular weight is 463 g/mol. The molecule has 168 valence electrons. The van der Waals surface area contributed by atoms with Gasteiger partial charge in [-0.1, -0.05) is 17.3 Å². The first-order valence-electron chi connectivity index (χ1n) is 10.8. The number of fused-ring (bicyclic) bond motifs is 1. The number of carbonyl (C=O) groups is 3. The van der Waals surface area contributed by atoms with E-state index in [1.807, 2.05) is 48.5 Å². The smallest absolute Gasteiger partial charge is 0.247 e. The first-order valence-corrected chi connectivity index (χ1v) is 11.6. The maximum Gasteiger partial charge on any atom is 0.247 e. The highest BCUT2D eigenvalue weighted by atomic mass is 32.2. The Morgan fingerprint density at radius 3 is 2.55 bits per heavy atom. The molecule has 0 bridgehead atoms. The third-order valence-corrected chi connectivity index (χ3v) is 7.17. The lowest BCUT2D eigenvalue weighted by molar-refractivity contribution is -0.136. The maximum absolute atomic E-state index is 13.0. The fourth-order valence-electron chi connectivity index (χ4n) is 4.07. The lowest BCUT2D eigenvalue weighted by Gasteiger charge is -2.34. The predicted octanol–water partition coefficient (Wildman–Crippen LogP) is 3.63. The summed E-state index contributed by atoms with van der Waals surface area (Å²) in [6.45, 7) is 0.903. The first kappa shape index (κ1) is 21.3. The number of amides is 3. The lowest BCUT2D eigenvalue weighted by Crippen LogP contribution is -2.48. The number of para-hydroxylation sites is 1. The van der Waals surface area contributed by atoms with Crippen LogP contribution in [0.2, 0.25) is 0 Å². The summed E-state index contributed by atoms with van der Waals surface area (Å²) in [6.07, 6.45) is 2.70. The first-order chi connectivity index (χ1) is 16.1. The summed E-state index contributed by atoms with van der Waals surface area (Å²) in [5, 5.41) is 8.67. The minimum absolute atomic E-state index is 0.0618. The van der Waals surface area contributed by atoms with E-state index < -0.39 is 5.25 Å². The number of hydrogen-bond acceptors (Lipinski definition) is 6. The predicted molar refractivity (Wildman–Crippen MR) is 125 cm³/mol. The van der Waals surface area contributed by atoms with Crippen LogP contribution in [-0.4, -0.2) is 46.1 Å². The van der Waals surface area contributed by atoms with Gasteiger partial charge in [0.25, 0.3) is 0 Å². The Balaban J connectivity index is 1.15. The number of nitrogens with zero attached hydrogens (tertiary/aromatic N) is 2. The normalized spacial score (nSPS) is 18.4. The summed E-state index contributed by atoms with van der Waals surface area (Å²) < 4.78 is 5.14. The second-order valence-corrected chi connectivity index (χ2v) is 9.17. The number of carbonyl (C=O) groups excluding carboxylic acids is 3. The highest BCUT2D eigenvalue weighted by Crippen LogP contribution is 2.36. The molecule has 1 atom stereocenters. The van der Waals surface area contributed by atoms with Gasteiger partial charge in [0.2, 0.25) is 17.7 Å². The van der Waals surface area contributed by atoms with Gasteiger partial charge < -0.3 is 20.1 Å². The van der Waals surface area contributed by atoms with E-state index in [-0.39, 0.29) is 23.6 Å². The summed E-state index contributed by atoms with van der Waals surface area (Å²) in [7, 11) is 0. The van der Waals surface area contributed by atoms with Crippen molar-refractivity contribution in [2.24, 2.45) is 5.92 Å². The molecule has 2 N–H and O–H groups in total. The summed E-state index contributed by atoms with van der Waals surface area (Å²) in [5.74, 6) is -0.0748. The molecular weight excluding hydrogens is 440 g/mol. The molecule has 1 aromatic heterocycles. The molecule has 0 radical (unpaired) electrons. The number of piperidine rings is 1. The minimum Gasteiger partial charge on any atom is -0.356 e. The van der Waals surface area contributed by atoms with Gasteiger partial charge in [0.05, 0.1) is 11.9 Å². The van der Waals surface area contributed by atoms with Crippen molar-refractivity contribution >= 4 is 40.9 Å². The van der Waals surface area contributed by atoms with Gasteiger partial charge in [-0.15, -0.1) is 11.8 Å². The summed E-state index contributed by atoms with van der Waals surface area (Å²) in [4.78, 5) is 40.8. The van der Waals surface area contributed by atoms with Crippen LogP contribution in [-0.2, 0) is 14.4 Å². The van der Waals surface area contributed by atoms with Crippen LogP contribution in [0.1, 0.15) is 12.8 Å². The van der Waals surface area contributed by atoms with E-state index in [0.717, 1.165) is 16.1 Å². The van der Waals surface area contributed by atoms with Crippen molar-refractivity contribution in [1.82, 2.24) is 10.1 Å². The number of hydrogen-bond donors (Lipinski definition) is 2. The Hall–Kier alpha value is -3.59. The Bertz CT molecular complexity index is 1170. The molecule has 3 amide bonds. The number of anilines is 2. The van der Waals surface area contributed by atoms with Crippen LogP contribution in [0.3, 0.4) is 0 Å². The zero-order valence-corrected chi connectivity index (χ0v) is 18.5. The summed E-state index contributed by atoms with van der Waals surface area (Å²) >= 11 is 1.28. The molecule has 0 saturated carbocycles. The minimum atomic E-state index is -0.798. The van der Waals surface area contributed by atoms with E-state index in [2.05, 4.69) is 15.8 Å². The molecular formula is C24H22N4O4S. The topological polar surface area (TPSA) is 105 Å². The van der Waals surface area contributed by atoms with E-state index in [0.29, 0.717) is 37.4 Å². The molecule has 1 fully saturated rings. The number of thioether (sulfide) groups is 1. The van der Waals surface area contributed by atoms with Gasteiger partial charge in [-0.2, -0.15) is 0 Å². The monoisotopic (exact) mass is 462 g/mol. The molecule has 0 spiro atoms. The molecule has 2 aliphatic heterocycles. The standard InChI is InChI=1S/C24H22N4O4S/c29-22(26-17-7-5-15(6-8-17)19-9-12-25-32-19)16-10-13-28(14-11-16)24(31)21-23(30)27-18-3-1-2-4-20(18)33-21/h1-9,12,16,21H,10-11,13-14H2,(H,26,29)(H,27,30). The van der Waals surface area contributed by atoms with Crippen LogP contribution >= 0.6 is 11.8 Å². The Morgan fingerprint density at radius 2 is 1.82 bits per heavy atom. The van der Waals surface area contributed by atoms with Crippen molar-refractivity contribution in [1.29, 1.82) is 0 Å². The molecule has 1 unspecified atom stereocenters. The number of nitrogens with one attached hydrogen (secondary N) is 2. The third-order valence-electron chi connectivity index (χ3n) is 5.90. The fourth-order valence-corrected chi connectivity index (χ4v) is 5.14. The summed E-state index contributed by atoms with van der Waals surface area (Å²) in [5.41, 5.74) is 2.32. The van der Waals surface area contributed by atoms with E-state index in [1.54, 1.807) is 17.2 Å². The van der Waals surface area contributed by atoms with E-state index in [4.69, 9.17) is 4.52 Å². The molecule has 3 aromatic rings. The second-order valence-electron chi connectivity index (χ2n) is 8.03. The van der Waals surface area contributed by atoms with Crippen LogP contribution in [0.4, 0.5) is 11.4 Å². The molecule has 2 aliphatic rings. The van der Waals surface area contributed by atoms with Crippen molar-refractivity contribution in [2.45, 2.75) is 23.0 Å². The van der Waals surface area contributed by atoms with Crippen molar-refractivity contribution in [3.63, 3.8) is 0 Å². The largest absolute Gasteiger partial charge is 0.356 e. The van der Waals surface area contributed by atoms with E-state index >= 15 is 0 Å². The zero-order chi connectivity index (χ0) is 22.8. The highest BCUT2D eigenvalue weighted by molar-refractivity contribution is 8.01. The van der Waals surface area contributed by atoms with Crippen LogP contribution < -0.4 is 10.6 Å². The van der Waals surface area contributed by atoms with Gasteiger partial charge in [-0.05, 0) is 49.2 Å². The summed E-state index contributed by atoms with van der Waals surface area (Å²) in [6, 6.07) is 16.6. The van der Waals surface area contributed by atoms with Crippen LogP contribution in [0.5, 0.6) is 0 Å². The van der Waals surface area contributed by atoms with Crippen molar-refractivity contribution < 1.29 is 18.9 Å². The molecule has 0 aliphatic carbocycles. The third kappa shape index (κ3) is 4.49. The molecule has 2 aromatic carbocycles. The number of aromatic nitrogens is 1. The van der Waals surface area contributed by atoms with Gasteiger partial charge in [-0.25, -0.2) is 0 Å². The number of likely N-dealkylation sites (tertiary alicyclic amines) is 1. The van der Waals surface area contributed by atoms with Crippen molar-refractivity contribution in [3.8, 4) is 11.3 Å². The highest BCUT2D eigenvalue weighted by Gasteiger charge is 2.37. The van der Waals surface area contributed by atoms with Gasteiger partial charge >= 0.3 is 0 Å². The van der Waals surface area contributed by atoms with Gasteiger partial charge in [0.1, 0.15) is 0 Å². The van der Waals surface area contributed by atoms with Gasteiger partial charge in [0.15, 0.2) is 11.0 Å².